The van der Waals surface area contributed by atoms with Crippen LogP contribution in [0.3, 0.4) is 0 Å². The Morgan fingerprint density at radius 2 is 1.76 bits per heavy atom. The molecule has 3 heteroatoms. The lowest BCUT2D eigenvalue weighted by atomic mass is 10.0. The average Bonchev–Trinajstić information content (AvgIpc) is 2.53. The maximum absolute atomic E-state index is 12.1. The first-order chi connectivity index (χ1) is 10.2. The Bertz CT molecular complexity index is 807. The second-order valence-electron chi connectivity index (χ2n) is 4.93. The number of pyridine rings is 1. The molecule has 3 rings (SSSR count). The van der Waals surface area contributed by atoms with Gasteiger partial charge in [-0.2, -0.15) is 0 Å². The van der Waals surface area contributed by atoms with Gasteiger partial charge in [0.2, 0.25) is 0 Å². The summed E-state index contributed by atoms with van der Waals surface area (Å²) in [6, 6.07) is 17.5. The van der Waals surface area contributed by atoms with E-state index >= 15 is 0 Å². The number of carbonyl (C=O) groups is 1. The fourth-order valence-electron chi connectivity index (χ4n) is 2.31. The van der Waals surface area contributed by atoms with E-state index in [4.69, 9.17) is 4.74 Å². The van der Waals surface area contributed by atoms with Crippen LogP contribution in [0.5, 0.6) is 0 Å². The van der Waals surface area contributed by atoms with Crippen LogP contribution < -0.4 is 0 Å². The molecule has 3 aromatic rings. The highest BCUT2D eigenvalue weighted by Crippen LogP contribution is 2.26. The van der Waals surface area contributed by atoms with Crippen LogP contribution in [0.2, 0.25) is 0 Å². The molecule has 1 heterocycles. The first-order valence-electron chi connectivity index (χ1n) is 6.74. The Labute approximate surface area is 123 Å². The van der Waals surface area contributed by atoms with Gasteiger partial charge in [-0.05, 0) is 19.1 Å². The number of carbonyl (C=O) groups excluding carboxylic acids is 1. The van der Waals surface area contributed by atoms with E-state index in [1.165, 1.54) is 12.7 Å². The average molecular weight is 277 g/mol. The third-order valence-corrected chi connectivity index (χ3v) is 3.45. The SMILES string of the molecule is COC(=O)c1cc2ccccc2nc1-c1ccc(C)cc1. The molecule has 0 atom stereocenters. The molecule has 21 heavy (non-hydrogen) atoms. The molecule has 0 unspecified atom stereocenters. The number of hydrogen-bond acceptors (Lipinski definition) is 3. The zero-order valence-electron chi connectivity index (χ0n) is 12.0. The molecule has 0 aliphatic heterocycles. The Morgan fingerprint density at radius 1 is 1.05 bits per heavy atom. The molecule has 0 bridgehead atoms. The van der Waals surface area contributed by atoms with Crippen LogP contribution in [-0.2, 0) is 4.74 Å². The maximum Gasteiger partial charge on any atom is 0.340 e. The van der Waals surface area contributed by atoms with E-state index in [2.05, 4.69) is 4.98 Å². The van der Waals surface area contributed by atoms with Crippen LogP contribution in [0.15, 0.2) is 54.6 Å². The number of benzene rings is 2. The standard InChI is InChI=1S/C18H15NO2/c1-12-7-9-13(10-8-12)17-15(18(20)21-2)11-14-5-3-4-6-16(14)19-17/h3-11H,1-2H3. The first kappa shape index (κ1) is 13.3. The van der Waals surface area contributed by atoms with Crippen molar-refractivity contribution in [3.63, 3.8) is 0 Å². The smallest absolute Gasteiger partial charge is 0.340 e. The van der Waals surface area contributed by atoms with Crippen molar-refractivity contribution in [2.45, 2.75) is 6.92 Å². The van der Waals surface area contributed by atoms with Gasteiger partial charge < -0.3 is 4.74 Å². The molecule has 0 fully saturated rings. The van der Waals surface area contributed by atoms with Crippen LogP contribution in [0.1, 0.15) is 15.9 Å². The van der Waals surface area contributed by atoms with Crippen molar-refractivity contribution < 1.29 is 9.53 Å². The van der Waals surface area contributed by atoms with Gasteiger partial charge in [-0.3, -0.25) is 0 Å². The third kappa shape index (κ3) is 2.50. The highest BCUT2D eigenvalue weighted by Gasteiger charge is 2.16. The Kier molecular flexibility index (Phi) is 3.40. The molecular formula is C18H15NO2. The monoisotopic (exact) mass is 277 g/mol. The summed E-state index contributed by atoms with van der Waals surface area (Å²) in [6.07, 6.45) is 0. The Morgan fingerprint density at radius 3 is 2.48 bits per heavy atom. The zero-order chi connectivity index (χ0) is 14.8. The minimum Gasteiger partial charge on any atom is -0.465 e. The molecule has 0 N–H and O–H groups in total. The molecule has 0 aliphatic rings. The van der Waals surface area contributed by atoms with Gasteiger partial charge in [-0.1, -0.05) is 48.0 Å². The molecule has 0 saturated heterocycles. The predicted octanol–water partition coefficient (Wildman–Crippen LogP) is 4.00. The summed E-state index contributed by atoms with van der Waals surface area (Å²) in [6.45, 7) is 2.03. The van der Waals surface area contributed by atoms with Gasteiger partial charge in [0.15, 0.2) is 0 Å². The lowest BCUT2D eigenvalue weighted by molar-refractivity contribution is 0.0601. The molecule has 0 aliphatic carbocycles. The number of fused-ring (bicyclic) bond motifs is 1. The number of aromatic nitrogens is 1. The summed E-state index contributed by atoms with van der Waals surface area (Å²) < 4.78 is 4.89. The van der Waals surface area contributed by atoms with E-state index in [1.807, 2.05) is 61.5 Å². The van der Waals surface area contributed by atoms with Gasteiger partial charge in [0.25, 0.3) is 0 Å². The molecule has 2 aromatic carbocycles. The fraction of sp³-hybridized carbons (Fsp3) is 0.111. The largest absolute Gasteiger partial charge is 0.465 e. The van der Waals surface area contributed by atoms with E-state index < -0.39 is 0 Å². The highest BCUT2D eigenvalue weighted by atomic mass is 16.5. The first-order valence-corrected chi connectivity index (χ1v) is 6.74. The number of esters is 1. The summed E-state index contributed by atoms with van der Waals surface area (Å²) in [5, 5.41) is 0.925. The molecule has 0 amide bonds. The minimum absolute atomic E-state index is 0.371. The number of rotatable bonds is 2. The van der Waals surface area contributed by atoms with Crippen molar-refractivity contribution in [2.24, 2.45) is 0 Å². The van der Waals surface area contributed by atoms with Gasteiger partial charge in [0, 0.05) is 10.9 Å². The van der Waals surface area contributed by atoms with Crippen molar-refractivity contribution in [1.29, 1.82) is 0 Å². The molecule has 104 valence electrons. The lowest BCUT2D eigenvalue weighted by Gasteiger charge is -2.09. The summed E-state index contributed by atoms with van der Waals surface area (Å²) >= 11 is 0. The van der Waals surface area contributed by atoms with Crippen molar-refractivity contribution in [3.05, 3.63) is 65.7 Å². The van der Waals surface area contributed by atoms with Crippen LogP contribution in [0.4, 0.5) is 0 Å². The summed E-state index contributed by atoms with van der Waals surface area (Å²) in [7, 11) is 1.39. The Balaban J connectivity index is 2.27. The van der Waals surface area contributed by atoms with E-state index in [0.29, 0.717) is 11.3 Å². The van der Waals surface area contributed by atoms with E-state index in [9.17, 15) is 4.79 Å². The zero-order valence-corrected chi connectivity index (χ0v) is 12.0. The van der Waals surface area contributed by atoms with Crippen LogP contribution in [0.25, 0.3) is 22.2 Å². The summed E-state index contributed by atoms with van der Waals surface area (Å²) in [5.74, 6) is -0.371. The summed E-state index contributed by atoms with van der Waals surface area (Å²) in [5.41, 5.74) is 4.08. The number of methoxy groups -OCH3 is 1. The number of nitrogens with zero attached hydrogens (tertiary/aromatic N) is 1. The van der Waals surface area contributed by atoms with Gasteiger partial charge >= 0.3 is 5.97 Å². The number of hydrogen-bond donors (Lipinski definition) is 0. The van der Waals surface area contributed by atoms with Crippen molar-refractivity contribution in [3.8, 4) is 11.3 Å². The second kappa shape index (κ2) is 5.37. The van der Waals surface area contributed by atoms with E-state index in [-0.39, 0.29) is 5.97 Å². The van der Waals surface area contributed by atoms with Crippen molar-refractivity contribution in [2.75, 3.05) is 7.11 Å². The molecule has 0 saturated carbocycles. The van der Waals surface area contributed by atoms with Crippen LogP contribution >= 0.6 is 0 Å². The number of aryl methyl sites for hydroxylation is 1. The molecule has 1 aromatic heterocycles. The van der Waals surface area contributed by atoms with Crippen LogP contribution in [-0.4, -0.2) is 18.1 Å². The minimum atomic E-state index is -0.371. The molecule has 3 nitrogen and oxygen atoms in total. The van der Waals surface area contributed by atoms with E-state index in [0.717, 1.165) is 16.5 Å². The summed E-state index contributed by atoms with van der Waals surface area (Å²) in [4.78, 5) is 16.7. The number of ether oxygens (including phenoxy) is 1. The molecule has 0 spiro atoms. The third-order valence-electron chi connectivity index (χ3n) is 3.45. The molecular weight excluding hydrogens is 262 g/mol. The number of para-hydroxylation sites is 1. The highest BCUT2D eigenvalue weighted by molar-refractivity contribution is 6.00. The molecule has 0 radical (unpaired) electrons. The van der Waals surface area contributed by atoms with E-state index in [1.54, 1.807) is 0 Å². The normalized spacial score (nSPS) is 10.6. The predicted molar refractivity (Wildman–Crippen MR) is 83.3 cm³/mol. The van der Waals surface area contributed by atoms with Gasteiger partial charge in [0.05, 0.1) is 23.9 Å². The van der Waals surface area contributed by atoms with Gasteiger partial charge in [0.1, 0.15) is 0 Å². The van der Waals surface area contributed by atoms with Gasteiger partial charge in [-0.25, -0.2) is 9.78 Å². The Hall–Kier alpha value is -2.68. The fourth-order valence-corrected chi connectivity index (χ4v) is 2.31. The van der Waals surface area contributed by atoms with Crippen molar-refractivity contribution >= 4 is 16.9 Å². The quantitative estimate of drug-likeness (QED) is 0.665. The topological polar surface area (TPSA) is 39.2 Å². The van der Waals surface area contributed by atoms with Gasteiger partial charge in [-0.15, -0.1) is 0 Å². The van der Waals surface area contributed by atoms with Crippen molar-refractivity contribution in [1.82, 2.24) is 4.98 Å². The lowest BCUT2D eigenvalue weighted by Crippen LogP contribution is -2.05. The maximum atomic E-state index is 12.1. The van der Waals surface area contributed by atoms with Crippen LogP contribution in [0, 0.1) is 6.92 Å². The second-order valence-corrected chi connectivity index (χ2v) is 4.93.